The van der Waals surface area contributed by atoms with Crippen LogP contribution in [0.15, 0.2) is 23.2 Å². The number of nitriles is 1. The minimum Gasteiger partial charge on any atom is -0.326 e. The van der Waals surface area contributed by atoms with Gasteiger partial charge in [-0.15, -0.1) is 0 Å². The average molecular weight is 288 g/mol. The third-order valence-corrected chi connectivity index (χ3v) is 3.78. The van der Waals surface area contributed by atoms with Crippen LogP contribution in [0.3, 0.4) is 0 Å². The monoisotopic (exact) mass is 288 g/mol. The van der Waals surface area contributed by atoms with Crippen LogP contribution in [0, 0.1) is 11.5 Å². The lowest BCUT2D eigenvalue weighted by molar-refractivity contribution is -0.117. The van der Waals surface area contributed by atoms with E-state index in [9.17, 15) is 4.79 Å². The van der Waals surface area contributed by atoms with E-state index in [1.807, 2.05) is 30.6 Å². The molecule has 0 aliphatic carbocycles. The molecule has 1 aromatic rings. The van der Waals surface area contributed by atoms with Gasteiger partial charge in [0, 0.05) is 17.5 Å². The van der Waals surface area contributed by atoms with Crippen LogP contribution in [-0.4, -0.2) is 17.3 Å². The standard InChI is InChI=1S/C14H16N4OS/c1-14(2)7-12(19)18-11-6-9(4-5-10(11)14)17-13(20-3)16-8-15/h4-6H,7H2,1-3H3,(H,16,17)(H,18,19). The molecular weight excluding hydrogens is 272 g/mol. The average Bonchev–Trinajstić information content (AvgIpc) is 2.36. The van der Waals surface area contributed by atoms with Crippen molar-refractivity contribution in [1.29, 1.82) is 5.26 Å². The molecule has 2 N–H and O–H groups in total. The van der Waals surface area contributed by atoms with Gasteiger partial charge in [0.25, 0.3) is 0 Å². The normalized spacial score (nSPS) is 16.9. The molecule has 1 aliphatic heterocycles. The van der Waals surface area contributed by atoms with E-state index in [1.54, 1.807) is 0 Å². The van der Waals surface area contributed by atoms with E-state index in [0.717, 1.165) is 11.3 Å². The molecule has 0 saturated heterocycles. The highest BCUT2D eigenvalue weighted by Gasteiger charge is 2.31. The fourth-order valence-corrected chi connectivity index (χ4v) is 2.62. The summed E-state index contributed by atoms with van der Waals surface area (Å²) < 4.78 is 0. The van der Waals surface area contributed by atoms with Crippen LogP contribution < -0.4 is 10.6 Å². The first-order chi connectivity index (χ1) is 9.46. The lowest BCUT2D eigenvalue weighted by Gasteiger charge is -2.32. The third kappa shape index (κ3) is 2.94. The van der Waals surface area contributed by atoms with Gasteiger partial charge in [0.2, 0.25) is 5.91 Å². The Morgan fingerprint density at radius 3 is 2.95 bits per heavy atom. The number of amides is 1. The van der Waals surface area contributed by atoms with Gasteiger partial charge in [-0.1, -0.05) is 31.7 Å². The van der Waals surface area contributed by atoms with Crippen molar-refractivity contribution in [2.45, 2.75) is 25.7 Å². The molecule has 0 radical (unpaired) electrons. The summed E-state index contributed by atoms with van der Waals surface area (Å²) in [5, 5.41) is 14.5. The zero-order valence-electron chi connectivity index (χ0n) is 11.7. The Bertz CT molecular complexity index is 616. The Morgan fingerprint density at radius 1 is 1.55 bits per heavy atom. The molecule has 0 fully saturated rings. The summed E-state index contributed by atoms with van der Waals surface area (Å²) >= 11 is 1.36. The van der Waals surface area contributed by atoms with Crippen molar-refractivity contribution in [3.8, 4) is 6.19 Å². The highest BCUT2D eigenvalue weighted by molar-refractivity contribution is 8.13. The van der Waals surface area contributed by atoms with Gasteiger partial charge in [-0.25, -0.2) is 4.99 Å². The Morgan fingerprint density at radius 2 is 2.30 bits per heavy atom. The van der Waals surface area contributed by atoms with Gasteiger partial charge >= 0.3 is 0 Å². The quantitative estimate of drug-likeness (QED) is 0.360. The Labute approximate surface area is 122 Å². The molecule has 0 spiro atoms. The number of nitrogens with one attached hydrogen (secondary N) is 2. The zero-order valence-corrected chi connectivity index (χ0v) is 12.5. The topological polar surface area (TPSA) is 77.3 Å². The Hall–Kier alpha value is -2.00. The van der Waals surface area contributed by atoms with Crippen molar-refractivity contribution < 1.29 is 4.79 Å². The van der Waals surface area contributed by atoms with Gasteiger partial charge < -0.3 is 5.32 Å². The summed E-state index contributed by atoms with van der Waals surface area (Å²) in [5.74, 6) is 0.0175. The van der Waals surface area contributed by atoms with E-state index < -0.39 is 0 Å². The number of fused-ring (bicyclic) bond motifs is 1. The number of thioether (sulfide) groups is 1. The smallest absolute Gasteiger partial charge is 0.225 e. The second-order valence-electron chi connectivity index (χ2n) is 5.20. The maximum atomic E-state index is 11.7. The molecule has 6 heteroatoms. The van der Waals surface area contributed by atoms with Gasteiger partial charge in [0.05, 0.1) is 5.69 Å². The minimum absolute atomic E-state index is 0.0175. The minimum atomic E-state index is -0.173. The predicted molar refractivity (Wildman–Crippen MR) is 82.1 cm³/mol. The first-order valence-corrected chi connectivity index (χ1v) is 7.41. The Balaban J connectivity index is 2.40. The van der Waals surface area contributed by atoms with Crippen molar-refractivity contribution in [3.63, 3.8) is 0 Å². The van der Waals surface area contributed by atoms with Gasteiger partial charge in [-0.3, -0.25) is 10.1 Å². The van der Waals surface area contributed by atoms with E-state index in [4.69, 9.17) is 5.26 Å². The predicted octanol–water partition coefficient (Wildman–Crippen LogP) is 2.73. The number of carbonyl (C=O) groups is 1. The van der Waals surface area contributed by atoms with Crippen molar-refractivity contribution >= 4 is 34.2 Å². The summed E-state index contributed by atoms with van der Waals surface area (Å²) in [4.78, 5) is 16.1. The van der Waals surface area contributed by atoms with Gasteiger partial charge in [-0.05, 0) is 24.0 Å². The molecule has 0 aromatic heterocycles. The molecule has 1 amide bonds. The number of rotatable bonds is 1. The number of benzene rings is 1. The van der Waals surface area contributed by atoms with Gasteiger partial charge in [0.1, 0.15) is 0 Å². The second kappa shape index (κ2) is 5.55. The van der Waals surface area contributed by atoms with Crippen LogP contribution in [0.1, 0.15) is 25.8 Å². The number of anilines is 1. The highest BCUT2D eigenvalue weighted by atomic mass is 32.2. The zero-order chi connectivity index (χ0) is 14.8. The van der Waals surface area contributed by atoms with Crippen molar-refractivity contribution in [1.82, 2.24) is 5.32 Å². The molecule has 2 rings (SSSR count). The van der Waals surface area contributed by atoms with Crippen LogP contribution in [0.5, 0.6) is 0 Å². The molecule has 1 aliphatic rings. The van der Waals surface area contributed by atoms with Crippen molar-refractivity contribution in [2.75, 3.05) is 11.6 Å². The summed E-state index contributed by atoms with van der Waals surface area (Å²) in [7, 11) is 0. The van der Waals surface area contributed by atoms with Crippen LogP contribution in [-0.2, 0) is 10.2 Å². The molecule has 0 atom stereocenters. The summed E-state index contributed by atoms with van der Waals surface area (Å²) in [6.45, 7) is 4.11. The van der Waals surface area contributed by atoms with Crippen LogP contribution in [0.25, 0.3) is 0 Å². The van der Waals surface area contributed by atoms with Gasteiger partial charge in [0.15, 0.2) is 11.4 Å². The number of hydrogen-bond acceptors (Lipinski definition) is 4. The maximum Gasteiger partial charge on any atom is 0.225 e. The molecule has 1 aromatic carbocycles. The summed E-state index contributed by atoms with van der Waals surface area (Å²) in [6, 6.07) is 5.72. The number of carbonyl (C=O) groups excluding carboxylic acids is 1. The van der Waals surface area contributed by atoms with E-state index in [0.29, 0.717) is 17.3 Å². The van der Waals surface area contributed by atoms with Crippen LogP contribution >= 0.6 is 11.8 Å². The fourth-order valence-electron chi connectivity index (χ4n) is 2.28. The maximum absolute atomic E-state index is 11.7. The van der Waals surface area contributed by atoms with Crippen molar-refractivity contribution in [2.24, 2.45) is 4.99 Å². The van der Waals surface area contributed by atoms with E-state index in [1.165, 1.54) is 11.8 Å². The van der Waals surface area contributed by atoms with E-state index in [-0.39, 0.29) is 11.3 Å². The molecule has 0 bridgehead atoms. The first-order valence-electron chi connectivity index (χ1n) is 6.18. The lowest BCUT2D eigenvalue weighted by atomic mass is 9.78. The highest BCUT2D eigenvalue weighted by Crippen LogP contribution is 2.38. The van der Waals surface area contributed by atoms with E-state index in [2.05, 4.69) is 29.5 Å². The molecule has 0 unspecified atom stereocenters. The summed E-state index contributed by atoms with van der Waals surface area (Å²) in [5.41, 5.74) is 2.43. The first kappa shape index (κ1) is 14.4. The molecule has 104 valence electrons. The SMILES string of the molecule is CSC(=Nc1ccc2c(c1)NC(=O)CC2(C)C)NC#N. The largest absolute Gasteiger partial charge is 0.326 e. The lowest BCUT2D eigenvalue weighted by Crippen LogP contribution is -2.32. The molecule has 1 heterocycles. The Kier molecular flexibility index (Phi) is 4.00. The van der Waals surface area contributed by atoms with Crippen LogP contribution in [0.2, 0.25) is 0 Å². The number of aliphatic imine (C=N–C) groups is 1. The molecule has 0 saturated carbocycles. The number of hydrogen-bond donors (Lipinski definition) is 2. The van der Waals surface area contributed by atoms with E-state index >= 15 is 0 Å². The molecular formula is C14H16N4OS. The van der Waals surface area contributed by atoms with Crippen molar-refractivity contribution in [3.05, 3.63) is 23.8 Å². The van der Waals surface area contributed by atoms with Crippen LogP contribution in [0.4, 0.5) is 11.4 Å². The second-order valence-corrected chi connectivity index (χ2v) is 5.99. The summed E-state index contributed by atoms with van der Waals surface area (Å²) in [6.07, 6.45) is 4.17. The number of amidine groups is 1. The molecule has 5 nitrogen and oxygen atoms in total. The molecule has 20 heavy (non-hydrogen) atoms. The third-order valence-electron chi connectivity index (χ3n) is 3.20. The fraction of sp³-hybridized carbons (Fsp3) is 0.357. The van der Waals surface area contributed by atoms with Gasteiger partial charge in [-0.2, -0.15) is 5.26 Å². The number of nitrogens with zero attached hydrogens (tertiary/aromatic N) is 2.